The number of pyridine rings is 1. The summed E-state index contributed by atoms with van der Waals surface area (Å²) in [6, 6.07) is 3.66. The van der Waals surface area contributed by atoms with Gasteiger partial charge in [-0.3, -0.25) is 4.79 Å². The van der Waals surface area contributed by atoms with E-state index in [1.54, 1.807) is 6.92 Å². The van der Waals surface area contributed by atoms with Gasteiger partial charge in [-0.1, -0.05) is 5.16 Å². The van der Waals surface area contributed by atoms with Crippen LogP contribution in [0.3, 0.4) is 0 Å². The first-order chi connectivity index (χ1) is 10.4. The number of hydrogen-bond donors (Lipinski definition) is 2. The van der Waals surface area contributed by atoms with Crippen LogP contribution in [0.15, 0.2) is 28.9 Å². The first-order valence-electron chi connectivity index (χ1n) is 6.35. The minimum Gasteiger partial charge on any atom is -0.368 e. The Labute approximate surface area is 123 Å². The lowest BCUT2D eigenvalue weighted by Gasteiger charge is -2.08. The molecule has 0 atom stereocenters. The highest BCUT2D eigenvalue weighted by molar-refractivity contribution is 5.92. The third-order valence-electron chi connectivity index (χ3n) is 2.67. The second-order valence-corrected chi connectivity index (χ2v) is 4.44. The van der Waals surface area contributed by atoms with Crippen molar-refractivity contribution in [3.8, 4) is 0 Å². The summed E-state index contributed by atoms with van der Waals surface area (Å²) in [5, 5.41) is 8.94. The molecular formula is C13H13F3N4O2. The standard InChI is InChI=1S/C13H13F3N4O2/c1-8-6-10(20-22-8)12(21)18-5-4-17-11-3-2-9(7-19-11)13(14,15)16/h2-3,6-7H,4-5H2,1H3,(H,17,19)(H,18,21). The number of rotatable bonds is 5. The van der Waals surface area contributed by atoms with E-state index in [0.29, 0.717) is 18.1 Å². The SMILES string of the molecule is Cc1cc(C(=O)NCCNc2ccc(C(F)(F)F)cn2)no1. The maximum absolute atomic E-state index is 12.4. The molecule has 2 aromatic heterocycles. The molecule has 0 fully saturated rings. The number of nitrogens with one attached hydrogen (secondary N) is 2. The van der Waals surface area contributed by atoms with Crippen LogP contribution >= 0.6 is 0 Å². The molecule has 0 aliphatic rings. The number of halogens is 3. The Balaban J connectivity index is 1.76. The fourth-order valence-corrected chi connectivity index (χ4v) is 1.60. The quantitative estimate of drug-likeness (QED) is 0.827. The molecule has 2 aromatic rings. The summed E-state index contributed by atoms with van der Waals surface area (Å²) in [7, 11) is 0. The lowest BCUT2D eigenvalue weighted by atomic mass is 10.3. The van der Waals surface area contributed by atoms with Crippen LogP contribution in [-0.4, -0.2) is 29.1 Å². The molecule has 0 aliphatic carbocycles. The predicted octanol–water partition coefficient (Wildman–Crippen LogP) is 2.24. The first-order valence-corrected chi connectivity index (χ1v) is 6.35. The summed E-state index contributed by atoms with van der Waals surface area (Å²) < 4.78 is 41.8. The van der Waals surface area contributed by atoms with Gasteiger partial charge >= 0.3 is 6.18 Å². The van der Waals surface area contributed by atoms with E-state index in [1.807, 2.05) is 0 Å². The Hall–Kier alpha value is -2.58. The monoisotopic (exact) mass is 314 g/mol. The topological polar surface area (TPSA) is 80.0 Å². The molecule has 0 aromatic carbocycles. The molecule has 0 saturated carbocycles. The van der Waals surface area contributed by atoms with E-state index in [2.05, 4.69) is 20.8 Å². The van der Waals surface area contributed by atoms with Crippen molar-refractivity contribution in [2.45, 2.75) is 13.1 Å². The molecule has 6 nitrogen and oxygen atoms in total. The molecule has 0 unspecified atom stereocenters. The van der Waals surface area contributed by atoms with Gasteiger partial charge in [0.25, 0.3) is 5.91 Å². The zero-order chi connectivity index (χ0) is 16.2. The number of anilines is 1. The number of alkyl halides is 3. The van der Waals surface area contributed by atoms with Crippen molar-refractivity contribution in [2.24, 2.45) is 0 Å². The highest BCUT2D eigenvalue weighted by Crippen LogP contribution is 2.28. The lowest BCUT2D eigenvalue weighted by Crippen LogP contribution is -2.29. The Morgan fingerprint density at radius 2 is 2.09 bits per heavy atom. The molecule has 118 valence electrons. The number of nitrogens with zero attached hydrogens (tertiary/aromatic N) is 2. The Bertz CT molecular complexity index is 637. The molecule has 0 spiro atoms. The molecular weight excluding hydrogens is 301 g/mol. The predicted molar refractivity (Wildman–Crippen MR) is 71.3 cm³/mol. The van der Waals surface area contributed by atoms with Gasteiger partial charge in [0.2, 0.25) is 0 Å². The van der Waals surface area contributed by atoms with Crippen LogP contribution in [0.1, 0.15) is 21.8 Å². The van der Waals surface area contributed by atoms with Gasteiger partial charge in [-0.15, -0.1) is 0 Å². The summed E-state index contributed by atoms with van der Waals surface area (Å²) in [6.07, 6.45) is -3.66. The second kappa shape index (κ2) is 6.46. The molecule has 0 bridgehead atoms. The molecule has 2 N–H and O–H groups in total. The number of carbonyl (C=O) groups is 1. The number of hydrogen-bond acceptors (Lipinski definition) is 5. The fraction of sp³-hybridized carbons (Fsp3) is 0.308. The maximum Gasteiger partial charge on any atom is 0.417 e. The average Bonchev–Trinajstić information content (AvgIpc) is 2.89. The summed E-state index contributed by atoms with van der Waals surface area (Å²) in [6.45, 7) is 2.23. The van der Waals surface area contributed by atoms with Crippen molar-refractivity contribution in [3.63, 3.8) is 0 Å². The van der Waals surface area contributed by atoms with Gasteiger partial charge < -0.3 is 15.2 Å². The van der Waals surface area contributed by atoms with Gasteiger partial charge in [0.05, 0.1) is 5.56 Å². The Morgan fingerprint density at radius 3 is 2.64 bits per heavy atom. The van der Waals surface area contributed by atoms with Gasteiger partial charge in [-0.2, -0.15) is 13.2 Å². The minimum absolute atomic E-state index is 0.171. The van der Waals surface area contributed by atoms with Crippen LogP contribution < -0.4 is 10.6 Å². The van der Waals surface area contributed by atoms with E-state index in [1.165, 1.54) is 12.1 Å². The maximum atomic E-state index is 12.4. The lowest BCUT2D eigenvalue weighted by molar-refractivity contribution is -0.137. The van der Waals surface area contributed by atoms with Gasteiger partial charge in [-0.05, 0) is 19.1 Å². The van der Waals surface area contributed by atoms with Crippen LogP contribution in [0.5, 0.6) is 0 Å². The van der Waals surface area contributed by atoms with E-state index < -0.39 is 11.7 Å². The number of carbonyl (C=O) groups excluding carboxylic acids is 1. The summed E-state index contributed by atoms with van der Waals surface area (Å²) in [5.74, 6) is 0.427. The molecule has 2 rings (SSSR count). The largest absolute Gasteiger partial charge is 0.417 e. The third kappa shape index (κ3) is 4.21. The molecule has 0 radical (unpaired) electrons. The fourth-order valence-electron chi connectivity index (χ4n) is 1.60. The highest BCUT2D eigenvalue weighted by Gasteiger charge is 2.30. The van der Waals surface area contributed by atoms with Crippen LogP contribution in [0, 0.1) is 6.92 Å². The zero-order valence-electron chi connectivity index (χ0n) is 11.6. The van der Waals surface area contributed by atoms with Crippen LogP contribution in [0.4, 0.5) is 19.0 Å². The average molecular weight is 314 g/mol. The van der Waals surface area contributed by atoms with Crippen molar-refractivity contribution in [2.75, 3.05) is 18.4 Å². The summed E-state index contributed by atoms with van der Waals surface area (Å²) in [4.78, 5) is 15.3. The molecule has 9 heteroatoms. The molecule has 1 amide bonds. The van der Waals surface area contributed by atoms with Crippen molar-refractivity contribution in [3.05, 3.63) is 41.4 Å². The van der Waals surface area contributed by atoms with Crippen molar-refractivity contribution >= 4 is 11.7 Å². The number of aromatic nitrogens is 2. The molecule has 2 heterocycles. The van der Waals surface area contributed by atoms with E-state index in [0.717, 1.165) is 12.3 Å². The van der Waals surface area contributed by atoms with Crippen molar-refractivity contribution in [1.82, 2.24) is 15.5 Å². The Morgan fingerprint density at radius 1 is 1.32 bits per heavy atom. The molecule has 0 aliphatic heterocycles. The van der Waals surface area contributed by atoms with E-state index in [-0.39, 0.29) is 18.1 Å². The second-order valence-electron chi connectivity index (χ2n) is 4.44. The summed E-state index contributed by atoms with van der Waals surface area (Å²) in [5.41, 5.74) is -0.641. The smallest absolute Gasteiger partial charge is 0.368 e. The van der Waals surface area contributed by atoms with Gasteiger partial charge in [0.15, 0.2) is 5.69 Å². The van der Waals surface area contributed by atoms with Crippen LogP contribution in [0.2, 0.25) is 0 Å². The first kappa shape index (κ1) is 15.8. The Kier molecular flexibility index (Phi) is 4.64. The summed E-state index contributed by atoms with van der Waals surface area (Å²) >= 11 is 0. The van der Waals surface area contributed by atoms with E-state index >= 15 is 0 Å². The zero-order valence-corrected chi connectivity index (χ0v) is 11.6. The third-order valence-corrected chi connectivity index (χ3v) is 2.67. The van der Waals surface area contributed by atoms with Crippen molar-refractivity contribution < 1.29 is 22.5 Å². The van der Waals surface area contributed by atoms with Crippen LogP contribution in [0.25, 0.3) is 0 Å². The minimum atomic E-state index is -4.41. The van der Waals surface area contributed by atoms with E-state index in [4.69, 9.17) is 4.52 Å². The number of aryl methyl sites for hydroxylation is 1. The van der Waals surface area contributed by atoms with E-state index in [9.17, 15) is 18.0 Å². The molecule has 22 heavy (non-hydrogen) atoms. The number of amides is 1. The van der Waals surface area contributed by atoms with Gasteiger partial charge in [-0.25, -0.2) is 4.98 Å². The normalized spacial score (nSPS) is 11.3. The van der Waals surface area contributed by atoms with Crippen LogP contribution in [-0.2, 0) is 6.18 Å². The van der Waals surface area contributed by atoms with Gasteiger partial charge in [0.1, 0.15) is 11.6 Å². The van der Waals surface area contributed by atoms with Crippen molar-refractivity contribution in [1.29, 1.82) is 0 Å². The van der Waals surface area contributed by atoms with Gasteiger partial charge in [0, 0.05) is 25.4 Å². The highest BCUT2D eigenvalue weighted by atomic mass is 19.4. The molecule has 0 saturated heterocycles.